The summed E-state index contributed by atoms with van der Waals surface area (Å²) in [7, 11) is 1.41. The summed E-state index contributed by atoms with van der Waals surface area (Å²) in [5.41, 5.74) is 1.18. The standard InChI is InChI=1S/C14H15IN4O4/c1-9-13(15)8-16-18(9)4-3-14(20)17-10-5-11(19(21)22)7-12(6-10)23-2/h5-8H,3-4H2,1-2H3,(H,17,20). The Morgan fingerprint density at radius 2 is 2.22 bits per heavy atom. The highest BCUT2D eigenvalue weighted by atomic mass is 127. The van der Waals surface area contributed by atoms with Gasteiger partial charge in [-0.3, -0.25) is 19.6 Å². The number of benzene rings is 1. The van der Waals surface area contributed by atoms with Crippen molar-refractivity contribution >= 4 is 39.9 Å². The molecule has 8 nitrogen and oxygen atoms in total. The predicted molar refractivity (Wildman–Crippen MR) is 92.6 cm³/mol. The fourth-order valence-electron chi connectivity index (χ4n) is 1.96. The van der Waals surface area contributed by atoms with E-state index in [0.717, 1.165) is 9.26 Å². The number of hydrogen-bond acceptors (Lipinski definition) is 5. The summed E-state index contributed by atoms with van der Waals surface area (Å²) in [5.74, 6) is 0.0597. The van der Waals surface area contributed by atoms with Gasteiger partial charge >= 0.3 is 0 Å². The zero-order valence-electron chi connectivity index (χ0n) is 12.6. The second kappa shape index (κ2) is 7.40. The number of carbonyl (C=O) groups excluding carboxylic acids is 1. The van der Waals surface area contributed by atoms with Crippen molar-refractivity contribution in [1.82, 2.24) is 9.78 Å². The van der Waals surface area contributed by atoms with Gasteiger partial charge in [0.05, 0.1) is 40.1 Å². The van der Waals surface area contributed by atoms with Crippen LogP contribution in [-0.4, -0.2) is 27.7 Å². The van der Waals surface area contributed by atoms with Gasteiger partial charge in [-0.15, -0.1) is 0 Å². The van der Waals surface area contributed by atoms with Crippen LogP contribution in [0.4, 0.5) is 11.4 Å². The lowest BCUT2D eigenvalue weighted by Crippen LogP contribution is -2.15. The molecule has 23 heavy (non-hydrogen) atoms. The minimum atomic E-state index is -0.535. The van der Waals surface area contributed by atoms with Gasteiger partial charge in [0.15, 0.2) is 0 Å². The number of nitrogens with zero attached hydrogens (tertiary/aromatic N) is 3. The minimum absolute atomic E-state index is 0.142. The van der Waals surface area contributed by atoms with Crippen molar-refractivity contribution in [2.45, 2.75) is 19.9 Å². The second-order valence-corrected chi connectivity index (χ2v) is 5.94. The van der Waals surface area contributed by atoms with E-state index in [2.05, 4.69) is 33.0 Å². The first-order chi connectivity index (χ1) is 10.9. The van der Waals surface area contributed by atoms with Crippen molar-refractivity contribution in [2.75, 3.05) is 12.4 Å². The average Bonchev–Trinajstić information content (AvgIpc) is 2.84. The van der Waals surface area contributed by atoms with E-state index in [0.29, 0.717) is 18.0 Å². The third-order valence-electron chi connectivity index (χ3n) is 3.22. The number of nitro groups is 1. The van der Waals surface area contributed by atoms with E-state index >= 15 is 0 Å². The van der Waals surface area contributed by atoms with Crippen LogP contribution in [0.1, 0.15) is 12.1 Å². The van der Waals surface area contributed by atoms with Crippen molar-refractivity contribution in [3.63, 3.8) is 0 Å². The highest BCUT2D eigenvalue weighted by Crippen LogP contribution is 2.25. The van der Waals surface area contributed by atoms with Crippen molar-refractivity contribution in [2.24, 2.45) is 0 Å². The number of halogens is 1. The van der Waals surface area contributed by atoms with E-state index in [4.69, 9.17) is 4.74 Å². The molecule has 0 saturated carbocycles. The number of rotatable bonds is 6. The number of aromatic nitrogens is 2. The Balaban J connectivity index is 2.03. The van der Waals surface area contributed by atoms with Crippen LogP contribution in [0.3, 0.4) is 0 Å². The quantitative estimate of drug-likeness (QED) is 0.432. The molecule has 122 valence electrons. The van der Waals surface area contributed by atoms with Gasteiger partial charge in [-0.1, -0.05) is 0 Å². The number of methoxy groups -OCH3 is 1. The normalized spacial score (nSPS) is 10.4. The molecule has 1 heterocycles. The predicted octanol–water partition coefficient (Wildman–Crippen LogP) is 2.74. The number of amides is 1. The van der Waals surface area contributed by atoms with Gasteiger partial charge in [-0.25, -0.2) is 0 Å². The molecule has 9 heteroatoms. The number of ether oxygens (including phenoxy) is 1. The molecule has 1 aromatic carbocycles. The van der Waals surface area contributed by atoms with Crippen molar-refractivity contribution < 1.29 is 14.5 Å². The molecule has 0 saturated heterocycles. The molecule has 1 amide bonds. The van der Waals surface area contributed by atoms with Crippen LogP contribution in [0.15, 0.2) is 24.4 Å². The van der Waals surface area contributed by atoms with Gasteiger partial charge in [-0.2, -0.15) is 5.10 Å². The van der Waals surface area contributed by atoms with Gasteiger partial charge in [0.25, 0.3) is 5.69 Å². The van der Waals surface area contributed by atoms with E-state index < -0.39 is 4.92 Å². The summed E-state index contributed by atoms with van der Waals surface area (Å²) in [5, 5.41) is 17.7. The van der Waals surface area contributed by atoms with E-state index in [9.17, 15) is 14.9 Å². The van der Waals surface area contributed by atoms with Crippen LogP contribution >= 0.6 is 22.6 Å². The van der Waals surface area contributed by atoms with Gasteiger partial charge < -0.3 is 10.1 Å². The maximum atomic E-state index is 12.0. The largest absolute Gasteiger partial charge is 0.496 e. The van der Waals surface area contributed by atoms with Crippen LogP contribution in [0.2, 0.25) is 0 Å². The molecule has 0 aliphatic rings. The van der Waals surface area contributed by atoms with Crippen molar-refractivity contribution in [3.05, 3.63) is 43.8 Å². The molecule has 2 rings (SSSR count). The van der Waals surface area contributed by atoms with Crippen LogP contribution < -0.4 is 10.1 Å². The maximum absolute atomic E-state index is 12.0. The second-order valence-electron chi connectivity index (χ2n) is 4.78. The number of aryl methyl sites for hydroxylation is 1. The number of nitrogens with one attached hydrogen (secondary N) is 1. The number of non-ortho nitro benzene ring substituents is 1. The van der Waals surface area contributed by atoms with Gasteiger partial charge in [0.1, 0.15) is 5.75 Å². The molecular formula is C14H15IN4O4. The van der Waals surface area contributed by atoms with Gasteiger partial charge in [0.2, 0.25) is 5.91 Å². The molecule has 1 N–H and O–H groups in total. The molecule has 0 fully saturated rings. The summed E-state index contributed by atoms with van der Waals surface area (Å²) < 4.78 is 7.78. The fourth-order valence-corrected chi connectivity index (χ4v) is 2.36. The lowest BCUT2D eigenvalue weighted by atomic mass is 10.2. The van der Waals surface area contributed by atoms with Crippen LogP contribution in [-0.2, 0) is 11.3 Å². The number of carbonyl (C=O) groups is 1. The zero-order chi connectivity index (χ0) is 17.0. The van der Waals surface area contributed by atoms with Crippen LogP contribution in [0.5, 0.6) is 5.75 Å². The summed E-state index contributed by atoms with van der Waals surface area (Å²) in [6.07, 6.45) is 1.95. The molecular weight excluding hydrogens is 415 g/mol. The van der Waals surface area contributed by atoms with E-state index in [1.165, 1.54) is 25.3 Å². The first-order valence-corrected chi connectivity index (χ1v) is 7.80. The molecule has 0 atom stereocenters. The monoisotopic (exact) mass is 430 g/mol. The van der Waals surface area contributed by atoms with Crippen molar-refractivity contribution in [3.8, 4) is 5.75 Å². The summed E-state index contributed by atoms with van der Waals surface area (Å²) in [6, 6.07) is 4.13. The first kappa shape index (κ1) is 17.2. The molecule has 1 aromatic heterocycles. The molecule has 0 radical (unpaired) electrons. The summed E-state index contributed by atoms with van der Waals surface area (Å²) in [6.45, 7) is 2.37. The van der Waals surface area contributed by atoms with E-state index in [-0.39, 0.29) is 18.0 Å². The minimum Gasteiger partial charge on any atom is -0.496 e. The third kappa shape index (κ3) is 4.41. The Kier molecular flexibility index (Phi) is 5.53. The number of anilines is 1. The fraction of sp³-hybridized carbons (Fsp3) is 0.286. The van der Waals surface area contributed by atoms with E-state index in [1.807, 2.05) is 6.92 Å². The highest BCUT2D eigenvalue weighted by molar-refractivity contribution is 14.1. The lowest BCUT2D eigenvalue weighted by molar-refractivity contribution is -0.384. The van der Waals surface area contributed by atoms with Gasteiger partial charge in [0, 0.05) is 24.2 Å². The SMILES string of the molecule is COc1cc(NC(=O)CCn2ncc(I)c2C)cc([N+](=O)[O-])c1. The average molecular weight is 430 g/mol. The molecule has 2 aromatic rings. The number of nitro benzene ring substituents is 1. The molecule has 0 unspecified atom stereocenters. The molecule has 0 aliphatic carbocycles. The van der Waals surface area contributed by atoms with Crippen LogP contribution in [0.25, 0.3) is 0 Å². The number of hydrogen-bond donors (Lipinski definition) is 1. The molecule has 0 bridgehead atoms. The Bertz CT molecular complexity index is 744. The van der Waals surface area contributed by atoms with Crippen molar-refractivity contribution in [1.29, 1.82) is 0 Å². The summed E-state index contributed by atoms with van der Waals surface area (Å²) >= 11 is 2.18. The Morgan fingerprint density at radius 1 is 1.48 bits per heavy atom. The van der Waals surface area contributed by atoms with E-state index in [1.54, 1.807) is 10.9 Å². The third-order valence-corrected chi connectivity index (χ3v) is 4.27. The topological polar surface area (TPSA) is 99.3 Å². The smallest absolute Gasteiger partial charge is 0.275 e. The first-order valence-electron chi connectivity index (χ1n) is 6.72. The summed E-state index contributed by atoms with van der Waals surface area (Å²) in [4.78, 5) is 22.4. The zero-order valence-corrected chi connectivity index (χ0v) is 14.7. The maximum Gasteiger partial charge on any atom is 0.275 e. The Hall–Kier alpha value is -2.17. The van der Waals surface area contributed by atoms with Crippen LogP contribution in [0, 0.1) is 20.6 Å². The lowest BCUT2D eigenvalue weighted by Gasteiger charge is -2.08. The highest BCUT2D eigenvalue weighted by Gasteiger charge is 2.12. The Labute approximate surface area is 146 Å². The van der Waals surface area contributed by atoms with Gasteiger partial charge in [-0.05, 0) is 29.5 Å². The molecule has 0 spiro atoms. The Morgan fingerprint density at radius 3 is 2.78 bits per heavy atom. The molecule has 0 aliphatic heterocycles.